The van der Waals surface area contributed by atoms with Crippen molar-refractivity contribution < 1.29 is 13.9 Å². The Morgan fingerprint density at radius 3 is 3.05 bits per heavy atom. The molecule has 2 rings (SSSR count). The molecule has 0 aliphatic carbocycles. The Morgan fingerprint density at radius 2 is 2.42 bits per heavy atom. The molecule has 0 saturated carbocycles. The van der Waals surface area contributed by atoms with Crippen LogP contribution in [0.3, 0.4) is 0 Å². The minimum atomic E-state index is -0.496. The van der Waals surface area contributed by atoms with Gasteiger partial charge in [0.25, 0.3) is 0 Å². The second-order valence-corrected chi connectivity index (χ2v) is 4.24. The highest BCUT2D eigenvalue weighted by Crippen LogP contribution is 2.20. The first-order valence-corrected chi connectivity index (χ1v) is 6.15. The van der Waals surface area contributed by atoms with Gasteiger partial charge in [-0.05, 0) is 26.0 Å². The van der Waals surface area contributed by atoms with Crippen LogP contribution < -0.4 is 5.73 Å². The smallest absolute Gasteiger partial charge is 0.360 e. The number of aromatic nitrogens is 2. The van der Waals surface area contributed by atoms with Gasteiger partial charge in [-0.15, -0.1) is 0 Å². The van der Waals surface area contributed by atoms with E-state index in [0.29, 0.717) is 18.8 Å². The number of ether oxygens (including phenoxy) is 1. The van der Waals surface area contributed by atoms with Crippen LogP contribution in [-0.4, -0.2) is 22.1 Å². The second kappa shape index (κ2) is 5.60. The van der Waals surface area contributed by atoms with Gasteiger partial charge in [-0.1, -0.05) is 0 Å². The van der Waals surface area contributed by atoms with Crippen molar-refractivity contribution >= 4 is 11.8 Å². The van der Waals surface area contributed by atoms with Crippen molar-refractivity contribution in [3.05, 3.63) is 36.2 Å². The molecule has 1 unspecified atom stereocenters. The van der Waals surface area contributed by atoms with Crippen molar-refractivity contribution in [3.63, 3.8) is 0 Å². The molecular weight excluding hydrogens is 246 g/mol. The quantitative estimate of drug-likeness (QED) is 0.834. The molecule has 6 heteroatoms. The van der Waals surface area contributed by atoms with E-state index in [4.69, 9.17) is 14.9 Å². The minimum absolute atomic E-state index is 0.0434. The average Bonchev–Trinajstić information content (AvgIpc) is 2.98. The number of carbonyl (C=O) groups is 1. The molecule has 6 nitrogen and oxygen atoms in total. The summed E-state index contributed by atoms with van der Waals surface area (Å²) in [6.45, 7) is 4.02. The summed E-state index contributed by atoms with van der Waals surface area (Å²) in [4.78, 5) is 15.6. The SMILES string of the molecule is CCOC(=O)c1ncn(C(C)Cc2ccco2)c1N. The van der Waals surface area contributed by atoms with Gasteiger partial charge in [-0.25, -0.2) is 9.78 Å². The van der Waals surface area contributed by atoms with Gasteiger partial charge in [0.05, 0.1) is 19.2 Å². The Labute approximate surface area is 111 Å². The molecule has 2 N–H and O–H groups in total. The summed E-state index contributed by atoms with van der Waals surface area (Å²) in [5.74, 6) is 0.680. The zero-order valence-electron chi connectivity index (χ0n) is 11.0. The summed E-state index contributed by atoms with van der Waals surface area (Å²) < 4.78 is 11.9. The zero-order chi connectivity index (χ0) is 13.8. The lowest BCUT2D eigenvalue weighted by Crippen LogP contribution is -2.13. The predicted octanol–water partition coefficient (Wildman–Crippen LogP) is 2.04. The second-order valence-electron chi connectivity index (χ2n) is 4.24. The van der Waals surface area contributed by atoms with Gasteiger partial charge in [0.2, 0.25) is 0 Å². The van der Waals surface area contributed by atoms with E-state index in [9.17, 15) is 4.79 Å². The topological polar surface area (TPSA) is 83.3 Å². The van der Waals surface area contributed by atoms with Crippen LogP contribution >= 0.6 is 0 Å². The summed E-state index contributed by atoms with van der Waals surface area (Å²) >= 11 is 0. The first-order chi connectivity index (χ1) is 9.13. The molecular formula is C13H17N3O3. The third-order valence-electron chi connectivity index (χ3n) is 2.85. The number of anilines is 1. The first kappa shape index (κ1) is 13.2. The zero-order valence-corrected chi connectivity index (χ0v) is 11.0. The molecule has 0 aliphatic rings. The molecule has 2 aromatic heterocycles. The summed E-state index contributed by atoms with van der Waals surface area (Å²) in [6, 6.07) is 3.78. The largest absolute Gasteiger partial charge is 0.469 e. The fourth-order valence-corrected chi connectivity index (χ4v) is 1.90. The molecule has 0 saturated heterocycles. The maximum Gasteiger partial charge on any atom is 0.360 e. The predicted molar refractivity (Wildman–Crippen MR) is 69.7 cm³/mol. The summed E-state index contributed by atoms with van der Waals surface area (Å²) in [7, 11) is 0. The van der Waals surface area contributed by atoms with Crippen LogP contribution in [0.2, 0.25) is 0 Å². The Kier molecular flexibility index (Phi) is 3.89. The Morgan fingerprint density at radius 1 is 1.63 bits per heavy atom. The number of nitrogens with zero attached hydrogens (tertiary/aromatic N) is 2. The standard InChI is InChI=1S/C13H17N3O3/c1-3-18-13(17)11-12(14)16(8-15-11)9(2)7-10-5-4-6-19-10/h4-6,8-9H,3,7,14H2,1-2H3. The molecule has 0 bridgehead atoms. The fourth-order valence-electron chi connectivity index (χ4n) is 1.90. The Hall–Kier alpha value is -2.24. The van der Waals surface area contributed by atoms with Crippen LogP contribution in [0.15, 0.2) is 29.1 Å². The van der Waals surface area contributed by atoms with Crippen molar-refractivity contribution in [1.29, 1.82) is 0 Å². The first-order valence-electron chi connectivity index (χ1n) is 6.15. The lowest BCUT2D eigenvalue weighted by molar-refractivity contribution is 0.0521. The number of esters is 1. The third-order valence-corrected chi connectivity index (χ3v) is 2.85. The highest BCUT2D eigenvalue weighted by Gasteiger charge is 2.19. The molecule has 1 atom stereocenters. The molecule has 0 radical (unpaired) electrons. The van der Waals surface area contributed by atoms with E-state index in [1.54, 1.807) is 24.1 Å². The number of imidazole rings is 1. The molecule has 0 amide bonds. The average molecular weight is 263 g/mol. The molecule has 2 heterocycles. The van der Waals surface area contributed by atoms with Gasteiger partial charge in [-0.2, -0.15) is 0 Å². The number of hydrogen-bond acceptors (Lipinski definition) is 5. The monoisotopic (exact) mass is 263 g/mol. The molecule has 0 spiro atoms. The van der Waals surface area contributed by atoms with Gasteiger partial charge in [0, 0.05) is 12.5 Å². The number of furan rings is 1. The van der Waals surface area contributed by atoms with Crippen LogP contribution in [0.25, 0.3) is 0 Å². The van der Waals surface area contributed by atoms with E-state index in [1.807, 2.05) is 19.1 Å². The van der Waals surface area contributed by atoms with Crippen LogP contribution in [0.4, 0.5) is 5.82 Å². The molecule has 0 fully saturated rings. The summed E-state index contributed by atoms with van der Waals surface area (Å²) in [5.41, 5.74) is 6.09. The number of nitrogens with two attached hydrogens (primary N) is 1. The van der Waals surface area contributed by atoms with Gasteiger partial charge in [0.1, 0.15) is 11.6 Å². The van der Waals surface area contributed by atoms with E-state index in [1.165, 1.54) is 0 Å². The van der Waals surface area contributed by atoms with Crippen molar-refractivity contribution in [3.8, 4) is 0 Å². The molecule has 19 heavy (non-hydrogen) atoms. The minimum Gasteiger partial charge on any atom is -0.469 e. The highest BCUT2D eigenvalue weighted by molar-refractivity contribution is 5.92. The van der Waals surface area contributed by atoms with E-state index < -0.39 is 5.97 Å². The molecule has 2 aromatic rings. The van der Waals surface area contributed by atoms with Crippen molar-refractivity contribution in [2.75, 3.05) is 12.3 Å². The van der Waals surface area contributed by atoms with Crippen LogP contribution in [0.1, 0.15) is 36.1 Å². The number of nitrogen functional groups attached to an aromatic ring is 1. The molecule has 0 aromatic carbocycles. The normalized spacial score (nSPS) is 12.3. The van der Waals surface area contributed by atoms with E-state index in [0.717, 1.165) is 5.76 Å². The van der Waals surface area contributed by atoms with Crippen LogP contribution in [0, 0.1) is 0 Å². The van der Waals surface area contributed by atoms with Gasteiger partial charge < -0.3 is 19.5 Å². The van der Waals surface area contributed by atoms with Gasteiger partial charge in [0.15, 0.2) is 5.69 Å². The van der Waals surface area contributed by atoms with E-state index in [2.05, 4.69) is 4.98 Å². The van der Waals surface area contributed by atoms with Crippen molar-refractivity contribution in [1.82, 2.24) is 9.55 Å². The van der Waals surface area contributed by atoms with Crippen LogP contribution in [0.5, 0.6) is 0 Å². The van der Waals surface area contributed by atoms with Gasteiger partial charge >= 0.3 is 5.97 Å². The highest BCUT2D eigenvalue weighted by atomic mass is 16.5. The number of carbonyl (C=O) groups excluding carboxylic acids is 1. The van der Waals surface area contributed by atoms with Crippen LogP contribution in [-0.2, 0) is 11.2 Å². The maximum atomic E-state index is 11.6. The van der Waals surface area contributed by atoms with Gasteiger partial charge in [-0.3, -0.25) is 0 Å². The molecule has 102 valence electrons. The Balaban J connectivity index is 2.14. The number of hydrogen-bond donors (Lipinski definition) is 1. The number of rotatable bonds is 5. The van der Waals surface area contributed by atoms with E-state index in [-0.39, 0.29) is 11.7 Å². The lowest BCUT2D eigenvalue weighted by Gasteiger charge is -2.13. The summed E-state index contributed by atoms with van der Waals surface area (Å²) in [6.07, 6.45) is 3.86. The molecule has 0 aliphatic heterocycles. The summed E-state index contributed by atoms with van der Waals surface area (Å²) in [5, 5.41) is 0. The van der Waals surface area contributed by atoms with E-state index >= 15 is 0 Å². The lowest BCUT2D eigenvalue weighted by atomic mass is 10.2. The third kappa shape index (κ3) is 2.78. The Bertz CT molecular complexity index is 545. The van der Waals surface area contributed by atoms with Crippen molar-refractivity contribution in [2.24, 2.45) is 0 Å². The maximum absolute atomic E-state index is 11.6. The fraction of sp³-hybridized carbons (Fsp3) is 0.385. The van der Waals surface area contributed by atoms with Crippen molar-refractivity contribution in [2.45, 2.75) is 26.3 Å².